The van der Waals surface area contributed by atoms with Crippen LogP contribution < -0.4 is 5.73 Å². The van der Waals surface area contributed by atoms with E-state index in [-0.39, 0.29) is 5.78 Å². The van der Waals surface area contributed by atoms with Gasteiger partial charge in [-0.3, -0.25) is 4.79 Å². The number of Topliss-reactive ketones (excluding diaryl/α,β-unsaturated/α-hetero) is 1. The summed E-state index contributed by atoms with van der Waals surface area (Å²) in [6.45, 7) is 3.99. The average Bonchev–Trinajstić information content (AvgIpc) is 1.80. The largest absolute Gasteiger partial charge is 0.330 e. The van der Waals surface area contributed by atoms with Crippen LogP contribution in [0.25, 0.3) is 0 Å². The van der Waals surface area contributed by atoms with Crippen molar-refractivity contribution in [3.8, 4) is 0 Å². The summed E-state index contributed by atoms with van der Waals surface area (Å²) in [6.07, 6.45) is 3.63. The molecule has 2 nitrogen and oxygen atoms in total. The Morgan fingerprint density at radius 3 is 2.44 bits per heavy atom. The van der Waals surface area contributed by atoms with Crippen LogP contribution in [0, 0.1) is 6.92 Å². The van der Waals surface area contributed by atoms with Gasteiger partial charge in [0.25, 0.3) is 0 Å². The highest BCUT2D eigenvalue weighted by molar-refractivity contribution is 5.82. The van der Waals surface area contributed by atoms with E-state index in [1.165, 1.54) is 0 Å². The summed E-state index contributed by atoms with van der Waals surface area (Å²) in [6, 6.07) is 0. The third-order valence-corrected chi connectivity index (χ3v) is 1.16. The topological polar surface area (TPSA) is 43.1 Å². The maximum atomic E-state index is 10.3. The van der Waals surface area contributed by atoms with Gasteiger partial charge < -0.3 is 5.73 Å². The van der Waals surface area contributed by atoms with Crippen molar-refractivity contribution in [2.24, 2.45) is 5.73 Å². The zero-order chi connectivity index (χ0) is 7.11. The standard InChI is InChI=1S/C7H14NO/c1-7(9)5-3-2-4-6-8/h1-6,8H2. The van der Waals surface area contributed by atoms with Crippen LogP contribution in [-0.4, -0.2) is 12.3 Å². The Morgan fingerprint density at radius 2 is 2.00 bits per heavy atom. The minimum absolute atomic E-state index is 0.0343. The zero-order valence-electron chi connectivity index (χ0n) is 5.73. The molecule has 0 unspecified atom stereocenters. The number of unbranched alkanes of at least 4 members (excludes halogenated alkanes) is 2. The summed E-state index contributed by atoms with van der Waals surface area (Å²) in [5.41, 5.74) is 5.24. The van der Waals surface area contributed by atoms with E-state index in [0.717, 1.165) is 25.8 Å². The predicted octanol–water partition coefficient (Wildman–Crippen LogP) is 0.909. The second kappa shape index (κ2) is 5.76. The minimum atomic E-state index is 0.0343. The molecule has 0 heterocycles. The van der Waals surface area contributed by atoms with E-state index in [0.29, 0.717) is 6.42 Å². The molecule has 0 aromatic rings. The van der Waals surface area contributed by atoms with Crippen LogP contribution in [0.3, 0.4) is 0 Å². The lowest BCUT2D eigenvalue weighted by molar-refractivity contribution is -0.114. The maximum absolute atomic E-state index is 10.3. The molecule has 0 fully saturated rings. The van der Waals surface area contributed by atoms with E-state index in [2.05, 4.69) is 6.92 Å². The Balaban J connectivity index is 2.83. The first-order chi connectivity index (χ1) is 4.27. The molecule has 2 N–H and O–H groups in total. The molecule has 0 bridgehead atoms. The van der Waals surface area contributed by atoms with Crippen molar-refractivity contribution in [1.29, 1.82) is 0 Å². The van der Waals surface area contributed by atoms with Crippen LogP contribution in [-0.2, 0) is 4.79 Å². The smallest absolute Gasteiger partial charge is 0.133 e. The third-order valence-electron chi connectivity index (χ3n) is 1.16. The van der Waals surface area contributed by atoms with Gasteiger partial charge in [-0.05, 0) is 19.4 Å². The van der Waals surface area contributed by atoms with Gasteiger partial charge >= 0.3 is 0 Å². The highest BCUT2D eigenvalue weighted by Crippen LogP contribution is 1.97. The normalized spacial score (nSPS) is 9.56. The van der Waals surface area contributed by atoms with Crippen molar-refractivity contribution in [3.05, 3.63) is 6.92 Å². The van der Waals surface area contributed by atoms with Crippen LogP contribution in [0.15, 0.2) is 0 Å². The minimum Gasteiger partial charge on any atom is -0.330 e. The van der Waals surface area contributed by atoms with E-state index < -0.39 is 0 Å². The van der Waals surface area contributed by atoms with Gasteiger partial charge in [0.05, 0.1) is 0 Å². The Hall–Kier alpha value is -0.370. The number of rotatable bonds is 5. The van der Waals surface area contributed by atoms with Gasteiger partial charge in [0.1, 0.15) is 5.78 Å². The fraction of sp³-hybridized carbons (Fsp3) is 0.714. The molecule has 0 saturated heterocycles. The SMILES string of the molecule is [CH2]C(=O)CCCCCN. The van der Waals surface area contributed by atoms with Gasteiger partial charge in [0, 0.05) is 13.3 Å². The lowest BCUT2D eigenvalue weighted by Gasteiger charge is -1.93. The summed E-state index contributed by atoms with van der Waals surface area (Å²) in [5.74, 6) is 0.0343. The van der Waals surface area contributed by atoms with Gasteiger partial charge in [0.2, 0.25) is 0 Å². The fourth-order valence-electron chi connectivity index (χ4n) is 0.643. The Labute approximate surface area is 56.4 Å². The van der Waals surface area contributed by atoms with Crippen molar-refractivity contribution in [3.63, 3.8) is 0 Å². The van der Waals surface area contributed by atoms with Crippen LogP contribution in [0.2, 0.25) is 0 Å². The number of ketones is 1. The van der Waals surface area contributed by atoms with Crippen molar-refractivity contribution < 1.29 is 4.79 Å². The molecular formula is C7H14NO. The number of nitrogens with two attached hydrogens (primary N) is 1. The third kappa shape index (κ3) is 7.63. The summed E-state index contributed by atoms with van der Waals surface area (Å²) in [5, 5.41) is 0. The number of carbonyl (C=O) groups is 1. The number of hydrogen-bond donors (Lipinski definition) is 1. The molecule has 0 aromatic carbocycles. The molecule has 0 atom stereocenters. The molecule has 0 aromatic heterocycles. The first kappa shape index (κ1) is 8.63. The molecule has 0 amide bonds. The van der Waals surface area contributed by atoms with E-state index in [9.17, 15) is 4.79 Å². The highest BCUT2D eigenvalue weighted by atomic mass is 16.1. The van der Waals surface area contributed by atoms with Crippen molar-refractivity contribution in [1.82, 2.24) is 0 Å². The van der Waals surface area contributed by atoms with Crippen LogP contribution in [0.5, 0.6) is 0 Å². The Morgan fingerprint density at radius 1 is 1.33 bits per heavy atom. The molecule has 0 spiro atoms. The first-order valence-electron chi connectivity index (χ1n) is 3.32. The van der Waals surface area contributed by atoms with Crippen LogP contribution in [0.1, 0.15) is 25.7 Å². The summed E-state index contributed by atoms with van der Waals surface area (Å²) < 4.78 is 0. The Kier molecular flexibility index (Phi) is 5.52. The van der Waals surface area contributed by atoms with E-state index in [1.54, 1.807) is 0 Å². The van der Waals surface area contributed by atoms with Gasteiger partial charge in [-0.25, -0.2) is 0 Å². The van der Waals surface area contributed by atoms with Gasteiger partial charge in [0.15, 0.2) is 0 Å². The van der Waals surface area contributed by atoms with E-state index in [1.807, 2.05) is 0 Å². The molecule has 0 aliphatic carbocycles. The van der Waals surface area contributed by atoms with Gasteiger partial charge in [-0.1, -0.05) is 6.42 Å². The quantitative estimate of drug-likeness (QED) is 0.559. The fourth-order valence-corrected chi connectivity index (χ4v) is 0.643. The molecule has 0 aliphatic rings. The number of carbonyl (C=O) groups excluding carboxylic acids is 1. The van der Waals surface area contributed by atoms with E-state index in [4.69, 9.17) is 5.73 Å². The average molecular weight is 128 g/mol. The lowest BCUT2D eigenvalue weighted by atomic mass is 10.1. The molecule has 0 saturated carbocycles. The summed E-state index contributed by atoms with van der Waals surface area (Å²) in [4.78, 5) is 10.3. The first-order valence-corrected chi connectivity index (χ1v) is 3.32. The monoisotopic (exact) mass is 128 g/mol. The molecular weight excluding hydrogens is 114 g/mol. The molecule has 1 radical (unpaired) electrons. The van der Waals surface area contributed by atoms with E-state index >= 15 is 0 Å². The van der Waals surface area contributed by atoms with Crippen LogP contribution in [0.4, 0.5) is 0 Å². The van der Waals surface area contributed by atoms with Crippen molar-refractivity contribution in [2.45, 2.75) is 25.7 Å². The summed E-state index contributed by atoms with van der Waals surface area (Å²) >= 11 is 0. The highest BCUT2D eigenvalue weighted by Gasteiger charge is 1.91. The molecule has 0 rings (SSSR count). The van der Waals surface area contributed by atoms with Crippen molar-refractivity contribution >= 4 is 5.78 Å². The Bertz CT molecular complexity index is 81.0. The summed E-state index contributed by atoms with van der Waals surface area (Å²) in [7, 11) is 0. The van der Waals surface area contributed by atoms with Gasteiger partial charge in [-0.2, -0.15) is 0 Å². The molecule has 53 valence electrons. The number of hydrogen-bond acceptors (Lipinski definition) is 2. The van der Waals surface area contributed by atoms with Crippen molar-refractivity contribution in [2.75, 3.05) is 6.54 Å². The molecule has 9 heavy (non-hydrogen) atoms. The van der Waals surface area contributed by atoms with Gasteiger partial charge in [-0.15, -0.1) is 0 Å². The second-order valence-electron chi connectivity index (χ2n) is 2.14. The molecule has 0 aliphatic heterocycles. The predicted molar refractivity (Wildman–Crippen MR) is 37.9 cm³/mol. The molecule has 2 heteroatoms. The lowest BCUT2D eigenvalue weighted by Crippen LogP contribution is -1.98. The zero-order valence-corrected chi connectivity index (χ0v) is 5.73. The maximum Gasteiger partial charge on any atom is 0.133 e. The van der Waals surface area contributed by atoms with Crippen LogP contribution >= 0.6 is 0 Å². The second-order valence-corrected chi connectivity index (χ2v) is 2.14.